The zero-order chi connectivity index (χ0) is 9.97. The first-order valence-electron chi connectivity index (χ1n) is 4.39. The molecule has 1 heterocycles. The summed E-state index contributed by atoms with van der Waals surface area (Å²) in [7, 11) is 0. The highest BCUT2D eigenvalue weighted by Crippen LogP contribution is 2.23. The molecule has 0 aliphatic heterocycles. The summed E-state index contributed by atoms with van der Waals surface area (Å²) in [6, 6.07) is 8.08. The lowest BCUT2D eigenvalue weighted by Gasteiger charge is -2.00. The quantitative estimate of drug-likeness (QED) is 0.871. The van der Waals surface area contributed by atoms with Crippen molar-refractivity contribution in [1.82, 2.24) is 4.98 Å². The van der Waals surface area contributed by atoms with Crippen LogP contribution in [0.2, 0.25) is 0 Å². The molecule has 1 atom stereocenters. The summed E-state index contributed by atoms with van der Waals surface area (Å²) in [5.41, 5.74) is 1.05. The van der Waals surface area contributed by atoms with Crippen LogP contribution in [0.3, 0.4) is 0 Å². The van der Waals surface area contributed by atoms with E-state index in [1.807, 2.05) is 18.2 Å². The predicted molar refractivity (Wildman–Crippen MR) is 63.1 cm³/mol. The topological polar surface area (TPSA) is 33.1 Å². The second-order valence-electron chi connectivity index (χ2n) is 3.06. The van der Waals surface area contributed by atoms with Crippen LogP contribution < -0.4 is 0 Å². The Labute approximate surface area is 94.7 Å². The van der Waals surface area contributed by atoms with Crippen molar-refractivity contribution in [2.45, 2.75) is 11.2 Å². The Morgan fingerprint density at radius 3 is 2.93 bits per heavy atom. The number of benzene rings is 1. The Morgan fingerprint density at radius 2 is 2.21 bits per heavy atom. The number of hydrogen-bond acceptors (Lipinski definition) is 3. The molecule has 0 aliphatic rings. The molecule has 14 heavy (non-hydrogen) atoms. The van der Waals surface area contributed by atoms with Crippen molar-refractivity contribution in [2.75, 3.05) is 6.61 Å². The predicted octanol–water partition coefficient (Wildman–Crippen LogP) is 2.59. The highest BCUT2D eigenvalue weighted by molar-refractivity contribution is 9.09. The van der Waals surface area contributed by atoms with Crippen molar-refractivity contribution in [1.29, 1.82) is 0 Å². The highest BCUT2D eigenvalue weighted by Gasteiger charge is 2.08. The van der Waals surface area contributed by atoms with Gasteiger partial charge in [0.2, 0.25) is 0 Å². The molecule has 4 heteroatoms. The zero-order valence-electron chi connectivity index (χ0n) is 7.48. The number of halogens is 1. The summed E-state index contributed by atoms with van der Waals surface area (Å²) in [5, 5.41) is 9.97. The van der Waals surface area contributed by atoms with Gasteiger partial charge in [0, 0.05) is 11.2 Å². The third-order valence-corrected chi connectivity index (χ3v) is 3.60. The third kappa shape index (κ3) is 2.13. The zero-order valence-corrected chi connectivity index (χ0v) is 9.88. The number of thiazole rings is 1. The maximum atomic E-state index is 8.90. The van der Waals surface area contributed by atoms with Gasteiger partial charge in [-0.3, -0.25) is 0 Å². The molecule has 0 spiro atoms. The average molecular weight is 272 g/mol. The molecular formula is C10H10BrNOS. The fraction of sp³-hybridized carbons (Fsp3) is 0.300. The summed E-state index contributed by atoms with van der Waals surface area (Å²) in [6.45, 7) is 0.149. The Balaban J connectivity index is 2.27. The lowest BCUT2D eigenvalue weighted by Crippen LogP contribution is -2.06. The maximum absolute atomic E-state index is 8.90. The standard InChI is InChI=1S/C10H10BrNOS/c11-7(6-13)5-10-12-8-3-1-2-4-9(8)14-10/h1-4,7,13H,5-6H2. The lowest BCUT2D eigenvalue weighted by atomic mass is 10.3. The van der Waals surface area contributed by atoms with Crippen molar-refractivity contribution in [3.05, 3.63) is 29.3 Å². The molecule has 0 amide bonds. The minimum atomic E-state index is 0.114. The van der Waals surface area contributed by atoms with Crippen LogP contribution >= 0.6 is 27.3 Å². The van der Waals surface area contributed by atoms with Crippen molar-refractivity contribution >= 4 is 37.5 Å². The molecule has 0 saturated carbocycles. The van der Waals surface area contributed by atoms with E-state index in [4.69, 9.17) is 5.11 Å². The number of aliphatic hydroxyl groups excluding tert-OH is 1. The fourth-order valence-electron chi connectivity index (χ4n) is 1.26. The Bertz CT molecular complexity index is 396. The first kappa shape index (κ1) is 10.1. The minimum absolute atomic E-state index is 0.114. The number of fused-ring (bicyclic) bond motifs is 1. The van der Waals surface area contributed by atoms with E-state index in [0.29, 0.717) is 0 Å². The summed E-state index contributed by atoms with van der Waals surface area (Å²) in [5.74, 6) is 0. The van der Waals surface area contributed by atoms with Gasteiger partial charge in [0.1, 0.15) is 0 Å². The lowest BCUT2D eigenvalue weighted by molar-refractivity contribution is 0.296. The number of hydrogen-bond donors (Lipinski definition) is 1. The van der Waals surface area contributed by atoms with E-state index >= 15 is 0 Å². The van der Waals surface area contributed by atoms with Crippen molar-refractivity contribution < 1.29 is 5.11 Å². The van der Waals surface area contributed by atoms with Gasteiger partial charge in [-0.05, 0) is 12.1 Å². The van der Waals surface area contributed by atoms with Crippen LogP contribution in [0.4, 0.5) is 0 Å². The number of aromatic nitrogens is 1. The summed E-state index contributed by atoms with van der Waals surface area (Å²) in [4.78, 5) is 4.59. The van der Waals surface area contributed by atoms with Crippen LogP contribution in [-0.2, 0) is 6.42 Å². The van der Waals surface area contributed by atoms with Gasteiger partial charge in [0.25, 0.3) is 0 Å². The van der Waals surface area contributed by atoms with Crippen molar-refractivity contribution in [3.8, 4) is 0 Å². The van der Waals surface area contributed by atoms with E-state index in [2.05, 4.69) is 27.0 Å². The Hall–Kier alpha value is -0.450. The molecule has 0 radical (unpaired) electrons. The van der Waals surface area contributed by atoms with E-state index in [9.17, 15) is 0 Å². The fourth-order valence-corrected chi connectivity index (χ4v) is 2.83. The van der Waals surface area contributed by atoms with Gasteiger partial charge < -0.3 is 5.11 Å². The van der Waals surface area contributed by atoms with Gasteiger partial charge in [0.15, 0.2) is 0 Å². The largest absolute Gasteiger partial charge is 0.395 e. The van der Waals surface area contributed by atoms with Gasteiger partial charge in [-0.1, -0.05) is 28.1 Å². The van der Waals surface area contributed by atoms with Crippen molar-refractivity contribution in [3.63, 3.8) is 0 Å². The minimum Gasteiger partial charge on any atom is -0.395 e. The molecule has 0 bridgehead atoms. The van der Waals surface area contributed by atoms with E-state index in [1.54, 1.807) is 11.3 Å². The van der Waals surface area contributed by atoms with Crippen molar-refractivity contribution in [2.24, 2.45) is 0 Å². The number of aliphatic hydroxyl groups is 1. The molecule has 1 aromatic heterocycles. The van der Waals surface area contributed by atoms with Gasteiger partial charge in [-0.15, -0.1) is 11.3 Å². The molecule has 1 N–H and O–H groups in total. The van der Waals surface area contributed by atoms with Crippen LogP contribution in [0, 0.1) is 0 Å². The maximum Gasteiger partial charge on any atom is 0.0950 e. The molecule has 2 aromatic rings. The van der Waals surface area contributed by atoms with E-state index in [1.165, 1.54) is 4.70 Å². The van der Waals surface area contributed by atoms with Gasteiger partial charge in [-0.25, -0.2) is 4.98 Å². The van der Waals surface area contributed by atoms with Crippen LogP contribution in [0.15, 0.2) is 24.3 Å². The van der Waals surface area contributed by atoms with Gasteiger partial charge in [0.05, 0.1) is 21.8 Å². The smallest absolute Gasteiger partial charge is 0.0950 e. The normalized spacial score (nSPS) is 13.3. The monoisotopic (exact) mass is 271 g/mol. The number of alkyl halides is 1. The first-order valence-corrected chi connectivity index (χ1v) is 6.12. The molecule has 0 aliphatic carbocycles. The van der Waals surface area contributed by atoms with E-state index in [-0.39, 0.29) is 11.4 Å². The molecule has 0 saturated heterocycles. The van der Waals surface area contributed by atoms with Crippen LogP contribution in [0.1, 0.15) is 5.01 Å². The van der Waals surface area contributed by atoms with E-state index < -0.39 is 0 Å². The average Bonchev–Trinajstić information content (AvgIpc) is 2.59. The molecule has 1 unspecified atom stereocenters. The SMILES string of the molecule is OCC(Br)Cc1nc2ccccc2s1. The molecule has 74 valence electrons. The van der Waals surface area contributed by atoms with Crippen LogP contribution in [0.5, 0.6) is 0 Å². The number of nitrogens with zero attached hydrogens (tertiary/aromatic N) is 1. The molecule has 2 rings (SSSR count). The summed E-state index contributed by atoms with van der Waals surface area (Å²) in [6.07, 6.45) is 0.788. The molecule has 0 fully saturated rings. The van der Waals surface area contributed by atoms with Gasteiger partial charge in [-0.2, -0.15) is 0 Å². The summed E-state index contributed by atoms with van der Waals surface area (Å²) < 4.78 is 1.21. The number of para-hydroxylation sites is 1. The highest BCUT2D eigenvalue weighted by atomic mass is 79.9. The molecular weight excluding hydrogens is 262 g/mol. The first-order chi connectivity index (χ1) is 6.79. The second kappa shape index (κ2) is 4.38. The van der Waals surface area contributed by atoms with Crippen LogP contribution in [0.25, 0.3) is 10.2 Å². The number of rotatable bonds is 3. The Morgan fingerprint density at radius 1 is 1.43 bits per heavy atom. The molecule has 2 nitrogen and oxygen atoms in total. The Kier molecular flexibility index (Phi) is 3.15. The molecule has 1 aromatic carbocycles. The third-order valence-electron chi connectivity index (χ3n) is 1.93. The second-order valence-corrected chi connectivity index (χ2v) is 5.47. The van der Waals surface area contributed by atoms with E-state index in [0.717, 1.165) is 16.9 Å². The van der Waals surface area contributed by atoms with Crippen LogP contribution in [-0.4, -0.2) is 21.5 Å². The van der Waals surface area contributed by atoms with Gasteiger partial charge >= 0.3 is 0 Å². The summed E-state index contributed by atoms with van der Waals surface area (Å²) >= 11 is 5.08.